The summed E-state index contributed by atoms with van der Waals surface area (Å²) < 4.78 is 36.1. The van der Waals surface area contributed by atoms with Crippen LogP contribution in [-0.2, 0) is 82.4 Å². The lowest BCUT2D eigenvalue weighted by atomic mass is 10.0. The summed E-state index contributed by atoms with van der Waals surface area (Å²) in [6.07, 6.45) is 2.44. The minimum atomic E-state index is -4.91. The van der Waals surface area contributed by atoms with Gasteiger partial charge in [-0.25, -0.2) is 0 Å². The zero-order valence-electron chi connectivity index (χ0n) is 44.8. The van der Waals surface area contributed by atoms with Crippen molar-refractivity contribution in [2.45, 2.75) is 101 Å². The molecule has 444 valence electrons. The molecular formula is C52H66N10O17S3. The number of hydrogen-bond donors (Lipinski definition) is 13. The predicted molar refractivity (Wildman–Crippen MR) is 301 cm³/mol. The number of carboxylic acid groups (broad SMARTS) is 2. The number of hydrogen-bond acceptors (Lipinski definition) is 16. The zero-order valence-corrected chi connectivity index (χ0v) is 47.2. The van der Waals surface area contributed by atoms with Crippen LogP contribution in [0.2, 0.25) is 0 Å². The molecule has 0 aliphatic rings. The van der Waals surface area contributed by atoms with E-state index in [1.165, 1.54) is 42.6 Å². The number of carbonyl (C=O) groups is 11. The van der Waals surface area contributed by atoms with Crippen molar-refractivity contribution in [3.8, 4) is 5.75 Å². The Balaban J connectivity index is 1.57. The van der Waals surface area contributed by atoms with Crippen molar-refractivity contribution in [1.29, 1.82) is 0 Å². The van der Waals surface area contributed by atoms with Crippen molar-refractivity contribution in [3.63, 3.8) is 0 Å². The number of aromatic amines is 1. The highest BCUT2D eigenvalue weighted by atomic mass is 32.3. The quantitative estimate of drug-likeness (QED) is 0.0252. The molecule has 7 atom stereocenters. The molecular weight excluding hydrogens is 1130 g/mol. The number of nitrogens with one attached hydrogen (secondary N) is 9. The third-order valence-corrected chi connectivity index (χ3v) is 13.9. The number of nitrogens with two attached hydrogens (primary N) is 1. The van der Waals surface area contributed by atoms with Gasteiger partial charge < -0.3 is 67.6 Å². The average Bonchev–Trinajstić information content (AvgIpc) is 3.84. The Bertz CT molecular complexity index is 3020. The second-order valence-electron chi connectivity index (χ2n) is 18.4. The number of carboxylic acids is 2. The Morgan fingerprint density at radius 3 is 1.56 bits per heavy atom. The molecule has 3 aromatic carbocycles. The van der Waals surface area contributed by atoms with Crippen LogP contribution >= 0.6 is 23.5 Å². The summed E-state index contributed by atoms with van der Waals surface area (Å²) in [6.45, 7) is 0.675. The minimum absolute atomic E-state index is 0.0453. The van der Waals surface area contributed by atoms with Gasteiger partial charge in [-0.3, -0.25) is 57.3 Å². The zero-order chi connectivity index (χ0) is 60.5. The van der Waals surface area contributed by atoms with Gasteiger partial charge in [-0.1, -0.05) is 67.6 Å². The minimum Gasteiger partial charge on any atom is -0.481 e. The number of benzene rings is 3. The van der Waals surface area contributed by atoms with Gasteiger partial charge >= 0.3 is 22.3 Å². The van der Waals surface area contributed by atoms with E-state index in [0.29, 0.717) is 22.0 Å². The first-order valence-electron chi connectivity index (χ1n) is 25.3. The van der Waals surface area contributed by atoms with E-state index < -0.39 is 137 Å². The molecule has 1 aromatic heterocycles. The number of rotatable bonds is 35. The summed E-state index contributed by atoms with van der Waals surface area (Å²) in [5.41, 5.74) is 7.70. The number of aromatic nitrogens is 1. The normalized spacial score (nSPS) is 13.7. The van der Waals surface area contributed by atoms with E-state index in [9.17, 15) is 71.4 Å². The van der Waals surface area contributed by atoms with Crippen molar-refractivity contribution in [2.75, 3.05) is 30.6 Å². The van der Waals surface area contributed by atoms with Gasteiger partial charge in [0.25, 0.3) is 0 Å². The van der Waals surface area contributed by atoms with Crippen molar-refractivity contribution in [1.82, 2.24) is 47.5 Å². The number of amides is 9. The van der Waals surface area contributed by atoms with E-state index in [1.807, 2.05) is 0 Å². The van der Waals surface area contributed by atoms with E-state index in [4.69, 9.17) is 10.3 Å². The van der Waals surface area contributed by atoms with Crippen LogP contribution in [0.15, 0.2) is 85.1 Å². The number of para-hydroxylation sites is 1. The number of carbonyl (C=O) groups excluding carboxylic acids is 9. The summed E-state index contributed by atoms with van der Waals surface area (Å²) in [7, 11) is -4.91. The predicted octanol–water partition coefficient (Wildman–Crippen LogP) is -0.762. The first-order valence-corrected chi connectivity index (χ1v) is 29.5. The van der Waals surface area contributed by atoms with E-state index in [-0.39, 0.29) is 61.3 Å². The molecule has 27 nitrogen and oxygen atoms in total. The molecule has 4 aromatic rings. The van der Waals surface area contributed by atoms with Crippen LogP contribution in [-0.4, -0.2) is 166 Å². The van der Waals surface area contributed by atoms with Gasteiger partial charge in [0, 0.05) is 42.8 Å². The number of H-pyrrole nitrogens is 1. The molecule has 30 heteroatoms. The summed E-state index contributed by atoms with van der Waals surface area (Å²) in [6, 6.07) is 9.84. The third kappa shape index (κ3) is 22.7. The first kappa shape index (κ1) is 66.3. The second kappa shape index (κ2) is 32.9. The van der Waals surface area contributed by atoms with Gasteiger partial charge in [0.05, 0.1) is 19.4 Å². The monoisotopic (exact) mass is 1200 g/mol. The van der Waals surface area contributed by atoms with Gasteiger partial charge in [0.15, 0.2) is 0 Å². The van der Waals surface area contributed by atoms with Crippen molar-refractivity contribution in [3.05, 3.63) is 102 Å². The average molecular weight is 1200 g/mol. The van der Waals surface area contributed by atoms with Crippen LogP contribution in [0.1, 0.15) is 55.7 Å². The molecule has 9 amide bonds. The lowest BCUT2D eigenvalue weighted by Crippen LogP contribution is -2.59. The topological polar surface area (TPSA) is 430 Å². The molecule has 0 spiro atoms. The SMILES string of the molecule is CCC(=O)N[C@@H](CC(=O)O)C(=O)N[C@@H](Cc1ccc(OS(=O)(=O)O)cc1)C(=O)N[C@@H](CCSC)C(=O)NCC(=O)N[C@@H](Cc1c[nH]c2ccccc12)C(=O)N[C@@H](CCSC)C(=O)N[C@@H](CC(=O)O)C(=O)N[C@@H](Cc1ccccc1)C(N)=O. The summed E-state index contributed by atoms with van der Waals surface area (Å²) in [5.74, 6) is -11.1. The van der Waals surface area contributed by atoms with E-state index in [0.717, 1.165) is 12.1 Å². The van der Waals surface area contributed by atoms with Gasteiger partial charge in [0.1, 0.15) is 48.0 Å². The third-order valence-electron chi connectivity index (χ3n) is 12.2. The first-order chi connectivity index (χ1) is 38.9. The number of aliphatic carboxylic acids is 2. The lowest BCUT2D eigenvalue weighted by Gasteiger charge is -2.26. The molecule has 0 saturated carbocycles. The molecule has 0 fully saturated rings. The second-order valence-corrected chi connectivity index (χ2v) is 21.4. The molecule has 1 heterocycles. The Morgan fingerprint density at radius 2 is 1.01 bits per heavy atom. The van der Waals surface area contributed by atoms with E-state index >= 15 is 0 Å². The van der Waals surface area contributed by atoms with Crippen molar-refractivity contribution < 1.29 is 80.1 Å². The van der Waals surface area contributed by atoms with Gasteiger partial charge in [-0.2, -0.15) is 31.9 Å². The lowest BCUT2D eigenvalue weighted by molar-refractivity contribution is -0.141. The molecule has 0 aliphatic heterocycles. The van der Waals surface area contributed by atoms with Crippen LogP contribution in [0.5, 0.6) is 5.75 Å². The maximum atomic E-state index is 14.4. The van der Waals surface area contributed by atoms with E-state index in [1.54, 1.807) is 73.3 Å². The van der Waals surface area contributed by atoms with Gasteiger partial charge in [-0.15, -0.1) is 0 Å². The Labute approximate surface area is 479 Å². The highest BCUT2D eigenvalue weighted by Gasteiger charge is 2.34. The van der Waals surface area contributed by atoms with Crippen molar-refractivity contribution in [2.24, 2.45) is 5.73 Å². The molecule has 0 unspecified atom stereocenters. The summed E-state index contributed by atoms with van der Waals surface area (Å²) >= 11 is 2.59. The fourth-order valence-corrected chi connectivity index (χ4v) is 9.32. The smallest absolute Gasteiger partial charge is 0.446 e. The highest BCUT2D eigenvalue weighted by Crippen LogP contribution is 2.20. The van der Waals surface area contributed by atoms with Crippen LogP contribution in [0.4, 0.5) is 0 Å². The molecule has 82 heavy (non-hydrogen) atoms. The highest BCUT2D eigenvalue weighted by molar-refractivity contribution is 7.98. The Kier molecular flexibility index (Phi) is 26.6. The van der Waals surface area contributed by atoms with Crippen LogP contribution in [0, 0.1) is 0 Å². The van der Waals surface area contributed by atoms with Crippen LogP contribution in [0.3, 0.4) is 0 Å². The molecule has 0 aliphatic carbocycles. The van der Waals surface area contributed by atoms with E-state index in [2.05, 4.69) is 51.7 Å². The maximum absolute atomic E-state index is 14.4. The number of fused-ring (bicyclic) bond motifs is 1. The van der Waals surface area contributed by atoms with Crippen LogP contribution in [0.25, 0.3) is 10.9 Å². The maximum Gasteiger partial charge on any atom is 0.446 e. The van der Waals surface area contributed by atoms with Crippen molar-refractivity contribution >= 4 is 110 Å². The Morgan fingerprint density at radius 1 is 0.561 bits per heavy atom. The molecule has 14 N–H and O–H groups in total. The molecule has 0 radical (unpaired) electrons. The molecule has 0 bridgehead atoms. The fraction of sp³-hybridized carbons (Fsp3) is 0.404. The fourth-order valence-electron chi connectivity index (χ4n) is 8.02. The number of thioether (sulfide) groups is 2. The molecule has 0 saturated heterocycles. The summed E-state index contributed by atoms with van der Waals surface area (Å²) in [5, 5.41) is 39.6. The van der Waals surface area contributed by atoms with Gasteiger partial charge in [-0.05, 0) is 71.7 Å². The Hall–Kier alpha value is -8.22. The summed E-state index contributed by atoms with van der Waals surface area (Å²) in [4.78, 5) is 149. The standard InChI is InChI=1S/C52H66N10O17S3/c1-4-42(63)56-40(25-44(65)66)51(74)61-38(23-30-14-16-32(17-15-30)79-82(76,77)78)49(72)58-35(18-20-80-2)47(70)55-28-43(64)57-39(24-31-27-54-34-13-9-8-12-33(31)34)50(73)59-36(19-21-81-3)48(71)62-41(26-45(67)68)52(75)60-37(46(53)69)22-29-10-6-5-7-11-29/h5-17,27,35-41,54H,4,18-26,28H2,1-3H3,(H2,53,69)(H,55,70)(H,56,63)(H,57,64)(H,58,72)(H,59,73)(H,60,75)(H,61,74)(H,62,71)(H,65,66)(H,67,68)(H,76,77,78)/t35-,36-,37-,38-,39-,40-,41-/m0/s1. The van der Waals surface area contributed by atoms with Crippen LogP contribution < -0.4 is 52.5 Å². The largest absolute Gasteiger partial charge is 0.481 e. The van der Waals surface area contributed by atoms with Gasteiger partial charge in [0.2, 0.25) is 53.2 Å². The number of primary amides is 1. The molecule has 4 rings (SSSR count).